The average molecular weight is 827 g/mol. The Morgan fingerprint density at radius 2 is 1.91 bits per heavy atom. The molecule has 0 saturated carbocycles. The fraction of sp³-hybridized carbons (Fsp3) is 0.444. The molecule has 57 heavy (non-hydrogen) atoms. The van der Waals surface area contributed by atoms with Gasteiger partial charge in [0.1, 0.15) is 23.8 Å². The normalized spacial score (nSPS) is 24.3. The number of halogens is 8. The van der Waals surface area contributed by atoms with E-state index < -0.39 is 83.7 Å². The summed E-state index contributed by atoms with van der Waals surface area (Å²) in [5.41, 5.74) is -3.52. The molecule has 4 aliphatic rings. The van der Waals surface area contributed by atoms with Crippen molar-refractivity contribution in [1.29, 1.82) is 0 Å². The molecule has 3 aromatic rings. The number of allylic oxidation sites excluding steroid dienone is 2. The van der Waals surface area contributed by atoms with E-state index in [4.69, 9.17) is 16.3 Å². The summed E-state index contributed by atoms with van der Waals surface area (Å²) in [5.74, 6) is -3.11. The molecule has 1 aromatic carbocycles. The van der Waals surface area contributed by atoms with Gasteiger partial charge >= 0.3 is 12.4 Å². The Balaban J connectivity index is 1.27. The molecule has 0 aliphatic carbocycles. The number of aliphatic imine (C=N–C) groups is 1. The number of likely N-dealkylation sites (tertiary alicyclic amines) is 1. The van der Waals surface area contributed by atoms with E-state index in [0.29, 0.717) is 11.6 Å². The molecule has 2 aromatic heterocycles. The van der Waals surface area contributed by atoms with Crippen molar-refractivity contribution in [3.63, 3.8) is 0 Å². The minimum absolute atomic E-state index is 0.00145. The Bertz CT molecular complexity index is 2330. The van der Waals surface area contributed by atoms with E-state index in [9.17, 15) is 45.8 Å². The van der Waals surface area contributed by atoms with Crippen molar-refractivity contribution in [2.45, 2.75) is 63.5 Å². The molecule has 304 valence electrons. The molecule has 4 atom stereocenters. The smallest absolute Gasteiger partial charge is 0.416 e. The molecule has 4 aliphatic heterocycles. The van der Waals surface area contributed by atoms with Gasteiger partial charge in [0.05, 0.1) is 52.4 Å². The van der Waals surface area contributed by atoms with Crippen LogP contribution in [0.1, 0.15) is 55.4 Å². The van der Waals surface area contributed by atoms with Gasteiger partial charge in [-0.25, -0.2) is 4.39 Å². The molecule has 2 N–H and O–H groups in total. The Morgan fingerprint density at radius 3 is 2.56 bits per heavy atom. The van der Waals surface area contributed by atoms with Gasteiger partial charge in [-0.1, -0.05) is 23.8 Å². The fourth-order valence-electron chi connectivity index (χ4n) is 7.65. The van der Waals surface area contributed by atoms with Gasteiger partial charge in [-0.2, -0.15) is 35.8 Å². The largest absolute Gasteiger partial charge is 0.509 e. The summed E-state index contributed by atoms with van der Waals surface area (Å²) < 4.78 is 104. The third-order valence-electron chi connectivity index (χ3n) is 10.4. The highest BCUT2D eigenvalue weighted by Crippen LogP contribution is 2.49. The third kappa shape index (κ3) is 7.56. The number of piperidine rings is 1. The maximum absolute atomic E-state index is 16.8. The first-order chi connectivity index (χ1) is 26.8. The number of nitrogens with zero attached hydrogens (tertiary/aromatic N) is 7. The summed E-state index contributed by atoms with van der Waals surface area (Å²) in [5, 5.41) is 17.1. The van der Waals surface area contributed by atoms with Crippen molar-refractivity contribution in [2.75, 3.05) is 38.0 Å². The Labute approximate surface area is 323 Å². The van der Waals surface area contributed by atoms with Crippen LogP contribution in [0.25, 0.3) is 11.4 Å². The lowest BCUT2D eigenvalue weighted by Crippen LogP contribution is -2.56. The number of carbonyl (C=O) groups is 2. The predicted molar refractivity (Wildman–Crippen MR) is 191 cm³/mol. The number of alkyl halides is 7. The summed E-state index contributed by atoms with van der Waals surface area (Å²) in [4.78, 5) is 52.6. The van der Waals surface area contributed by atoms with E-state index >= 15 is 4.39 Å². The number of amides is 2. The van der Waals surface area contributed by atoms with Gasteiger partial charge in [-0.15, -0.1) is 5.10 Å². The standard InChI is InChI=1S/C36H34ClF7N8O5/c1-18-29(54)22(4-3-10-45-18)31(55)50-13-9-34(25(38)15-50)27-28(19(2)57-34)51(16-26(53)46-24-6-5-21(14-23(24)37)36(42,43)44)33-47-30(48-52(33)32(27)56)20-7-11-49(12-8-20)17-35(39,40)41/h3-7,10,14,19,22,25,54H,8-9,11-13,15-17H2,1-2H3,(H,46,53)/t19-,22?,25?,34+/m1/s1. The van der Waals surface area contributed by atoms with Gasteiger partial charge in [-0.05, 0) is 50.1 Å². The quantitative estimate of drug-likeness (QED) is 0.299. The number of hydrogen-bond donors (Lipinski definition) is 2. The van der Waals surface area contributed by atoms with E-state index in [0.717, 1.165) is 16.6 Å². The van der Waals surface area contributed by atoms with Gasteiger partial charge < -0.3 is 24.6 Å². The monoisotopic (exact) mass is 826 g/mol. The first-order valence-corrected chi connectivity index (χ1v) is 18.1. The molecule has 1 saturated heterocycles. The van der Waals surface area contributed by atoms with Crippen LogP contribution in [-0.2, 0) is 32.6 Å². The average Bonchev–Trinajstić information content (AvgIpc) is 3.66. The predicted octanol–water partition coefficient (Wildman–Crippen LogP) is 5.76. The van der Waals surface area contributed by atoms with Crippen molar-refractivity contribution in [2.24, 2.45) is 10.9 Å². The number of hydrogen-bond acceptors (Lipinski definition) is 9. The van der Waals surface area contributed by atoms with Crippen molar-refractivity contribution in [1.82, 2.24) is 29.0 Å². The molecule has 1 fully saturated rings. The molecular formula is C36H34ClF7N8O5. The van der Waals surface area contributed by atoms with E-state index in [2.05, 4.69) is 20.4 Å². The number of aliphatic hydroxyl groups is 1. The summed E-state index contributed by atoms with van der Waals surface area (Å²) in [6, 6.07) is 2.34. The van der Waals surface area contributed by atoms with Crippen molar-refractivity contribution >= 4 is 46.7 Å². The lowest BCUT2D eigenvalue weighted by atomic mass is 9.83. The summed E-state index contributed by atoms with van der Waals surface area (Å²) in [6.07, 6.45) is -6.54. The van der Waals surface area contributed by atoms with Crippen LogP contribution in [0.2, 0.25) is 5.02 Å². The minimum atomic E-state index is -4.70. The lowest BCUT2D eigenvalue weighted by Gasteiger charge is -2.42. The Kier molecular flexibility index (Phi) is 10.3. The second kappa shape index (κ2) is 14.7. The van der Waals surface area contributed by atoms with Gasteiger partial charge in [-0.3, -0.25) is 24.3 Å². The SMILES string of the molecule is CC1=C(O)C(C(=O)N2CC[C@]3(O[C@H](C)c4c3c(=O)n3nc(C5=CCN(CC(F)(F)F)CC5)nc3n4CC(=O)Nc3ccc(C(F)(F)F)cc3Cl)C(F)C2)C=CC=N1. The molecule has 13 nitrogen and oxygen atoms in total. The highest BCUT2D eigenvalue weighted by Gasteiger charge is 2.57. The van der Waals surface area contributed by atoms with E-state index in [1.54, 1.807) is 0 Å². The fourth-order valence-corrected chi connectivity index (χ4v) is 7.88. The van der Waals surface area contributed by atoms with Crippen molar-refractivity contribution < 1.29 is 50.2 Å². The number of anilines is 1. The minimum Gasteiger partial charge on any atom is -0.509 e. The number of aromatic nitrogens is 4. The van der Waals surface area contributed by atoms with Crippen LogP contribution in [-0.4, -0.2) is 97.2 Å². The number of aliphatic hydroxyl groups excluding tert-OH is 1. The maximum Gasteiger partial charge on any atom is 0.416 e. The van der Waals surface area contributed by atoms with Crippen molar-refractivity contribution in [3.05, 3.63) is 85.9 Å². The van der Waals surface area contributed by atoms with E-state index in [1.807, 2.05) is 0 Å². The first-order valence-electron chi connectivity index (χ1n) is 17.7. The van der Waals surface area contributed by atoms with Crippen LogP contribution in [0.3, 0.4) is 0 Å². The van der Waals surface area contributed by atoms with E-state index in [1.165, 1.54) is 52.7 Å². The number of carbonyl (C=O) groups excluding carboxylic acids is 2. The van der Waals surface area contributed by atoms with Gasteiger partial charge in [0.25, 0.3) is 5.56 Å². The molecular weight excluding hydrogens is 793 g/mol. The zero-order chi connectivity index (χ0) is 41.2. The van der Waals surface area contributed by atoms with Crippen molar-refractivity contribution in [3.8, 4) is 0 Å². The first kappa shape index (κ1) is 40.1. The molecule has 2 unspecified atom stereocenters. The maximum atomic E-state index is 16.8. The summed E-state index contributed by atoms with van der Waals surface area (Å²) in [7, 11) is 0. The lowest BCUT2D eigenvalue weighted by molar-refractivity contribution is -0.162. The van der Waals surface area contributed by atoms with Crippen LogP contribution in [0, 0.1) is 5.92 Å². The zero-order valence-electron chi connectivity index (χ0n) is 30.2. The molecule has 2 amide bonds. The second-order valence-corrected chi connectivity index (χ2v) is 14.5. The number of benzene rings is 1. The Morgan fingerprint density at radius 1 is 1.16 bits per heavy atom. The molecule has 7 rings (SSSR count). The number of rotatable bonds is 6. The van der Waals surface area contributed by atoms with Gasteiger partial charge in [0, 0.05) is 32.3 Å². The van der Waals surface area contributed by atoms with Gasteiger partial charge in [0.15, 0.2) is 12.0 Å². The van der Waals surface area contributed by atoms with Gasteiger partial charge in [0.2, 0.25) is 17.6 Å². The van der Waals surface area contributed by atoms with Crippen LogP contribution in [0.4, 0.5) is 36.4 Å². The summed E-state index contributed by atoms with van der Waals surface area (Å²) in [6.45, 7) is 0.501. The molecule has 6 heterocycles. The van der Waals surface area contributed by atoms with Crippen LogP contribution in [0.15, 0.2) is 57.7 Å². The second-order valence-electron chi connectivity index (χ2n) is 14.1. The molecule has 21 heteroatoms. The zero-order valence-corrected chi connectivity index (χ0v) is 30.9. The topological polar surface area (TPSA) is 147 Å². The highest BCUT2D eigenvalue weighted by molar-refractivity contribution is 6.33. The number of nitrogens with one attached hydrogen (secondary N) is 1. The highest BCUT2D eigenvalue weighted by atomic mass is 35.5. The number of ether oxygens (including phenoxy) is 1. The molecule has 0 radical (unpaired) electrons. The number of fused-ring (bicyclic) bond motifs is 3. The van der Waals surface area contributed by atoms with E-state index in [-0.39, 0.29) is 72.5 Å². The molecule has 1 spiro atoms. The summed E-state index contributed by atoms with van der Waals surface area (Å²) >= 11 is 6.09. The van der Waals surface area contributed by atoms with Crippen LogP contribution < -0.4 is 10.9 Å². The Hall–Kier alpha value is -5.08. The third-order valence-corrected chi connectivity index (χ3v) is 10.7. The molecule has 0 bridgehead atoms. The van der Waals surface area contributed by atoms with Crippen LogP contribution in [0.5, 0.6) is 0 Å². The van der Waals surface area contributed by atoms with Crippen LogP contribution >= 0.6 is 11.6 Å².